The third kappa shape index (κ3) is 6.02. The molecule has 62 valence electrons. The number of methoxy groups -OCH3 is 1. The Hall–Kier alpha value is -0.398. The molecule has 2 radical (unpaired) electrons. The minimum absolute atomic E-state index is 0. The van der Waals surface area contributed by atoms with Gasteiger partial charge in [0.15, 0.2) is 0 Å². The molecule has 0 bridgehead atoms. The summed E-state index contributed by atoms with van der Waals surface area (Å²) in [4.78, 5) is 20.4. The van der Waals surface area contributed by atoms with E-state index in [-0.39, 0.29) is 39.3 Å². The Morgan fingerprint density at radius 3 is 2.27 bits per heavy atom. The monoisotopic (exact) mass is 354 g/mol. The molecular weight excluding hydrogens is 343 g/mol. The molecule has 0 atom stereocenters. The van der Waals surface area contributed by atoms with Crippen LogP contribution in [0.15, 0.2) is 12.2 Å². The standard InChI is InChI=1S/C6H8O4.Pb.2H/c1-4(6(8)9)3-5(7)10-2;;;/h1,3H2,2H3,(H,8,9);;;. The summed E-state index contributed by atoms with van der Waals surface area (Å²) in [6.07, 6.45) is -0.258. The van der Waals surface area contributed by atoms with Gasteiger partial charge in [-0.15, -0.1) is 0 Å². The molecule has 5 heteroatoms. The molecule has 0 amide bonds. The van der Waals surface area contributed by atoms with E-state index >= 15 is 0 Å². The van der Waals surface area contributed by atoms with E-state index in [0.29, 0.717) is 0 Å². The summed E-state index contributed by atoms with van der Waals surface area (Å²) < 4.78 is 4.21. The van der Waals surface area contributed by atoms with Crippen LogP contribution in [0.1, 0.15) is 6.42 Å². The Bertz CT molecular complexity index is 175. The molecule has 0 aromatic heterocycles. The molecule has 1 N–H and O–H groups in total. The van der Waals surface area contributed by atoms with E-state index in [2.05, 4.69) is 11.3 Å². The van der Waals surface area contributed by atoms with Crippen LogP contribution in [0.2, 0.25) is 0 Å². The van der Waals surface area contributed by atoms with Gasteiger partial charge in [-0.3, -0.25) is 4.79 Å². The van der Waals surface area contributed by atoms with Gasteiger partial charge < -0.3 is 9.84 Å². The molecule has 4 nitrogen and oxygen atoms in total. The Kier molecular flexibility index (Phi) is 7.59. The van der Waals surface area contributed by atoms with Gasteiger partial charge in [0.25, 0.3) is 0 Å². The van der Waals surface area contributed by atoms with Gasteiger partial charge in [0.2, 0.25) is 0 Å². The number of carboxylic acid groups (broad SMARTS) is 1. The van der Waals surface area contributed by atoms with E-state index in [4.69, 9.17) is 5.11 Å². The normalized spacial score (nSPS) is 7.73. The zero-order chi connectivity index (χ0) is 8.15. The van der Waals surface area contributed by atoms with Crippen LogP contribution in [0.3, 0.4) is 0 Å². The number of carbonyl (C=O) groups is 2. The van der Waals surface area contributed by atoms with Crippen LogP contribution in [-0.4, -0.2) is 51.5 Å². The summed E-state index contributed by atoms with van der Waals surface area (Å²) in [6, 6.07) is 0. The number of rotatable bonds is 3. The first-order chi connectivity index (χ1) is 4.57. The number of esters is 1. The second kappa shape index (κ2) is 6.32. The number of ether oxygens (including phenoxy) is 1. The number of carboxylic acids is 1. The zero-order valence-corrected chi connectivity index (χ0v) is 11.8. The number of hydrogen-bond donors (Lipinski definition) is 1. The second-order valence-electron chi connectivity index (χ2n) is 1.66. The van der Waals surface area contributed by atoms with Crippen molar-refractivity contribution < 1.29 is 19.4 Å². The SMILES string of the molecule is C=C(CC(=O)OC)C(=O)O.[PbH2]. The minimum atomic E-state index is -1.18. The van der Waals surface area contributed by atoms with Gasteiger partial charge >= 0.3 is 39.2 Å². The number of aliphatic carboxylic acids is 1. The van der Waals surface area contributed by atoms with Crippen molar-refractivity contribution >= 4 is 39.2 Å². The van der Waals surface area contributed by atoms with Crippen molar-refractivity contribution in [2.24, 2.45) is 0 Å². The fourth-order valence-corrected chi connectivity index (χ4v) is 0.322. The van der Waals surface area contributed by atoms with Crippen LogP contribution in [0.4, 0.5) is 0 Å². The second-order valence-corrected chi connectivity index (χ2v) is 1.66. The fraction of sp³-hybridized carbons (Fsp3) is 0.333. The predicted octanol–water partition coefficient (Wildman–Crippen LogP) is -0.726. The van der Waals surface area contributed by atoms with Gasteiger partial charge in [-0.1, -0.05) is 6.58 Å². The van der Waals surface area contributed by atoms with Gasteiger partial charge in [-0.2, -0.15) is 0 Å². The topological polar surface area (TPSA) is 63.6 Å². The number of hydrogen-bond acceptors (Lipinski definition) is 3. The van der Waals surface area contributed by atoms with Crippen LogP contribution in [0.5, 0.6) is 0 Å². The first kappa shape index (κ1) is 13.2. The van der Waals surface area contributed by atoms with Crippen LogP contribution in [-0.2, 0) is 14.3 Å². The maximum absolute atomic E-state index is 10.4. The van der Waals surface area contributed by atoms with E-state index in [9.17, 15) is 9.59 Å². The average molecular weight is 353 g/mol. The third-order valence-electron chi connectivity index (χ3n) is 0.888. The molecule has 0 unspecified atom stereocenters. The summed E-state index contributed by atoms with van der Waals surface area (Å²) >= 11 is 0. The Morgan fingerprint density at radius 1 is 1.55 bits per heavy atom. The molecule has 0 spiro atoms. The van der Waals surface area contributed by atoms with E-state index < -0.39 is 11.9 Å². The van der Waals surface area contributed by atoms with Crippen LogP contribution >= 0.6 is 0 Å². The molecule has 0 aliphatic carbocycles. The van der Waals surface area contributed by atoms with E-state index in [0.717, 1.165) is 0 Å². The predicted molar refractivity (Wildman–Crippen MR) is 42.0 cm³/mol. The van der Waals surface area contributed by atoms with Crippen molar-refractivity contribution in [1.29, 1.82) is 0 Å². The summed E-state index contributed by atoms with van der Waals surface area (Å²) in [5.74, 6) is -1.77. The van der Waals surface area contributed by atoms with E-state index in [1.807, 2.05) is 0 Å². The average Bonchev–Trinajstić information content (AvgIpc) is 1.87. The van der Waals surface area contributed by atoms with E-state index in [1.165, 1.54) is 7.11 Å². The molecule has 0 aliphatic rings. The van der Waals surface area contributed by atoms with Gasteiger partial charge in [0, 0.05) is 5.57 Å². The van der Waals surface area contributed by atoms with Crippen LogP contribution in [0.25, 0.3) is 0 Å². The Balaban J connectivity index is 0. The molecule has 11 heavy (non-hydrogen) atoms. The summed E-state index contributed by atoms with van der Waals surface area (Å²) in [6.45, 7) is 3.14. The first-order valence-electron chi connectivity index (χ1n) is 2.55. The third-order valence-corrected chi connectivity index (χ3v) is 0.888. The molecule has 0 rings (SSSR count). The summed E-state index contributed by atoms with van der Waals surface area (Å²) in [5, 5.41) is 8.22. The van der Waals surface area contributed by atoms with Crippen molar-refractivity contribution in [3.63, 3.8) is 0 Å². The Labute approximate surface area is 84.4 Å². The van der Waals surface area contributed by atoms with Gasteiger partial charge in [-0.05, 0) is 0 Å². The summed E-state index contributed by atoms with van der Waals surface area (Å²) in [5.41, 5.74) is -0.160. The van der Waals surface area contributed by atoms with Gasteiger partial charge in [0.05, 0.1) is 13.5 Å². The Morgan fingerprint density at radius 2 is 2.00 bits per heavy atom. The molecule has 0 aromatic carbocycles. The molecule has 0 aliphatic heterocycles. The quantitative estimate of drug-likeness (QED) is 0.413. The molecule has 0 heterocycles. The first-order valence-corrected chi connectivity index (χ1v) is 2.55. The molecule has 0 aromatic rings. The van der Waals surface area contributed by atoms with Crippen molar-refractivity contribution in [3.8, 4) is 0 Å². The van der Waals surface area contributed by atoms with Crippen molar-refractivity contribution in [2.75, 3.05) is 7.11 Å². The van der Waals surface area contributed by atoms with Crippen molar-refractivity contribution in [3.05, 3.63) is 12.2 Å². The maximum atomic E-state index is 10.4. The zero-order valence-electron chi connectivity index (χ0n) is 6.29. The van der Waals surface area contributed by atoms with Gasteiger partial charge in [0.1, 0.15) is 0 Å². The summed E-state index contributed by atoms with van der Waals surface area (Å²) in [7, 11) is 1.19. The number of carbonyl (C=O) groups excluding carboxylic acids is 1. The molecule has 0 fully saturated rings. The van der Waals surface area contributed by atoms with Crippen LogP contribution < -0.4 is 0 Å². The van der Waals surface area contributed by atoms with Gasteiger partial charge in [-0.25, -0.2) is 4.79 Å². The molecular formula is C6H10O4Pb. The molecule has 0 saturated carbocycles. The fourth-order valence-electron chi connectivity index (χ4n) is 0.322. The van der Waals surface area contributed by atoms with Crippen molar-refractivity contribution in [1.82, 2.24) is 0 Å². The van der Waals surface area contributed by atoms with Crippen LogP contribution in [0, 0.1) is 0 Å². The van der Waals surface area contributed by atoms with E-state index in [1.54, 1.807) is 0 Å². The van der Waals surface area contributed by atoms with Crippen molar-refractivity contribution in [2.45, 2.75) is 6.42 Å². The molecule has 0 saturated heterocycles.